The van der Waals surface area contributed by atoms with E-state index in [4.69, 9.17) is 0 Å². The van der Waals surface area contributed by atoms with Crippen molar-refractivity contribution in [3.63, 3.8) is 0 Å². The van der Waals surface area contributed by atoms with Crippen LogP contribution in [0.2, 0.25) is 0 Å². The van der Waals surface area contributed by atoms with Crippen molar-refractivity contribution in [1.29, 1.82) is 0 Å². The number of H-pyrrole nitrogens is 1. The number of carbonyl (C=O) groups is 2. The smallest absolute Gasteiger partial charge is 0.306 e. The van der Waals surface area contributed by atoms with Crippen LogP contribution in [0.15, 0.2) is 42.5 Å². The van der Waals surface area contributed by atoms with Crippen LogP contribution in [0, 0.1) is 27.8 Å². The lowest BCUT2D eigenvalue weighted by Gasteiger charge is -2.24. The van der Waals surface area contributed by atoms with E-state index >= 15 is 0 Å². The zero-order chi connectivity index (χ0) is 23.7. The first-order valence-electron chi connectivity index (χ1n) is 10.8. The molecular formula is C23H24FN5O4. The van der Waals surface area contributed by atoms with Crippen LogP contribution < -0.4 is 10.2 Å². The number of halogens is 1. The predicted molar refractivity (Wildman–Crippen MR) is 120 cm³/mol. The summed E-state index contributed by atoms with van der Waals surface area (Å²) in [7, 11) is 0. The molecule has 1 aromatic heterocycles. The van der Waals surface area contributed by atoms with Crippen LogP contribution in [0.3, 0.4) is 0 Å². The van der Waals surface area contributed by atoms with E-state index in [0.29, 0.717) is 5.82 Å². The number of aromatic amines is 1. The Hall–Kier alpha value is -3.82. The number of aromatic nitrogens is 2. The topological polar surface area (TPSA) is 121 Å². The van der Waals surface area contributed by atoms with E-state index in [1.54, 1.807) is 0 Å². The van der Waals surface area contributed by atoms with Gasteiger partial charge in [0.25, 0.3) is 0 Å². The fraction of sp³-hybridized carbons (Fsp3) is 0.348. The number of fused-ring (bicyclic) bond motifs is 1. The van der Waals surface area contributed by atoms with Crippen molar-refractivity contribution in [1.82, 2.24) is 15.3 Å². The molecule has 0 saturated carbocycles. The molecule has 0 aliphatic carbocycles. The summed E-state index contributed by atoms with van der Waals surface area (Å²) < 4.78 is 13.7. The number of rotatable bonds is 7. The van der Waals surface area contributed by atoms with Gasteiger partial charge in [0.05, 0.1) is 33.6 Å². The zero-order valence-corrected chi connectivity index (χ0v) is 18.2. The van der Waals surface area contributed by atoms with Gasteiger partial charge in [-0.3, -0.25) is 19.7 Å². The minimum absolute atomic E-state index is 0.0373. The van der Waals surface area contributed by atoms with E-state index in [-0.39, 0.29) is 42.4 Å². The Morgan fingerprint density at radius 1 is 1.36 bits per heavy atom. The predicted octanol–water partition coefficient (Wildman–Crippen LogP) is 3.87. The molecule has 1 aliphatic rings. The van der Waals surface area contributed by atoms with Gasteiger partial charge in [-0.15, -0.1) is 0 Å². The fourth-order valence-electron chi connectivity index (χ4n) is 4.05. The molecule has 0 radical (unpaired) electrons. The van der Waals surface area contributed by atoms with Gasteiger partial charge in [0.15, 0.2) is 0 Å². The number of para-hydroxylation sites is 2. The number of nitrogens with zero attached hydrogens (tertiary/aromatic N) is 3. The second-order valence-electron chi connectivity index (χ2n) is 8.31. The number of nitrogens with one attached hydrogen (secondary N) is 2. The Kier molecular flexibility index (Phi) is 6.08. The molecule has 3 unspecified atom stereocenters. The number of imidazole rings is 1. The van der Waals surface area contributed by atoms with Crippen LogP contribution >= 0.6 is 0 Å². The van der Waals surface area contributed by atoms with Gasteiger partial charge in [-0.25, -0.2) is 4.98 Å². The van der Waals surface area contributed by atoms with Crippen LogP contribution in [0.5, 0.6) is 0 Å². The van der Waals surface area contributed by atoms with E-state index < -0.39 is 22.3 Å². The van der Waals surface area contributed by atoms with Gasteiger partial charge < -0.3 is 15.2 Å². The van der Waals surface area contributed by atoms with Gasteiger partial charge in [-0.2, -0.15) is 4.39 Å². The second-order valence-corrected chi connectivity index (χ2v) is 8.31. The summed E-state index contributed by atoms with van der Waals surface area (Å²) in [4.78, 5) is 45.1. The summed E-state index contributed by atoms with van der Waals surface area (Å²) in [6.45, 7) is 4.09. The first kappa shape index (κ1) is 22.4. The quantitative estimate of drug-likeness (QED) is 0.416. The highest BCUT2D eigenvalue weighted by molar-refractivity contribution is 6.00. The molecule has 1 fully saturated rings. The molecule has 2 N–H and O–H groups in total. The van der Waals surface area contributed by atoms with Crippen molar-refractivity contribution in [2.24, 2.45) is 11.8 Å². The highest BCUT2D eigenvalue weighted by Crippen LogP contribution is 2.31. The third-order valence-electron chi connectivity index (χ3n) is 6.15. The number of benzene rings is 2. The molecule has 9 nitrogen and oxygen atoms in total. The van der Waals surface area contributed by atoms with Crippen LogP contribution in [0.25, 0.3) is 11.0 Å². The molecule has 33 heavy (non-hydrogen) atoms. The lowest BCUT2D eigenvalue weighted by Crippen LogP contribution is -2.38. The summed E-state index contributed by atoms with van der Waals surface area (Å²) in [5.41, 5.74) is 1.15. The minimum Gasteiger partial charge on any atom is -0.346 e. The summed E-state index contributed by atoms with van der Waals surface area (Å²) in [5, 5.41) is 14.1. The summed E-state index contributed by atoms with van der Waals surface area (Å²) in [6, 6.07) is 10.5. The van der Waals surface area contributed by atoms with Gasteiger partial charge in [-0.05, 0) is 30.2 Å². The third kappa shape index (κ3) is 4.41. The summed E-state index contributed by atoms with van der Waals surface area (Å²) >= 11 is 0. The van der Waals surface area contributed by atoms with E-state index in [9.17, 15) is 24.1 Å². The maximum atomic E-state index is 13.7. The van der Waals surface area contributed by atoms with Gasteiger partial charge in [0.1, 0.15) is 5.82 Å². The van der Waals surface area contributed by atoms with Gasteiger partial charge >= 0.3 is 5.69 Å². The SMILES string of the molecule is CCC(C)C(NC(=O)C1CC(=O)N(c2ccc(F)c([N+](=O)[O-])c2)C1)c1nc2ccccc2[nH]1. The Morgan fingerprint density at radius 2 is 2.12 bits per heavy atom. The first-order chi connectivity index (χ1) is 15.8. The van der Waals surface area contributed by atoms with E-state index in [1.165, 1.54) is 11.0 Å². The molecule has 4 rings (SSSR count). The molecule has 0 bridgehead atoms. The Balaban J connectivity index is 1.53. The van der Waals surface area contributed by atoms with E-state index in [0.717, 1.165) is 29.6 Å². The fourth-order valence-corrected chi connectivity index (χ4v) is 4.05. The molecule has 0 spiro atoms. The number of nitro groups is 1. The maximum absolute atomic E-state index is 13.7. The lowest BCUT2D eigenvalue weighted by molar-refractivity contribution is -0.387. The van der Waals surface area contributed by atoms with Gasteiger partial charge in [0, 0.05) is 19.0 Å². The molecule has 3 atom stereocenters. The molecule has 2 aromatic carbocycles. The number of nitro benzene ring substituents is 1. The zero-order valence-electron chi connectivity index (χ0n) is 18.2. The first-order valence-corrected chi connectivity index (χ1v) is 10.8. The molecule has 2 heterocycles. The average Bonchev–Trinajstić information content (AvgIpc) is 3.40. The number of hydrogen-bond acceptors (Lipinski definition) is 5. The van der Waals surface area contributed by atoms with Crippen molar-refractivity contribution in [2.45, 2.75) is 32.7 Å². The van der Waals surface area contributed by atoms with Crippen molar-refractivity contribution < 1.29 is 18.9 Å². The average molecular weight is 453 g/mol. The summed E-state index contributed by atoms with van der Waals surface area (Å²) in [6.07, 6.45) is 0.765. The van der Waals surface area contributed by atoms with Crippen LogP contribution in [0.1, 0.15) is 38.6 Å². The van der Waals surface area contributed by atoms with Gasteiger partial charge in [0.2, 0.25) is 17.6 Å². The number of hydrogen-bond donors (Lipinski definition) is 2. The highest BCUT2D eigenvalue weighted by Gasteiger charge is 2.37. The Bertz CT molecular complexity index is 1190. The molecular weight excluding hydrogens is 429 g/mol. The van der Waals surface area contributed by atoms with Crippen LogP contribution in [0.4, 0.5) is 15.8 Å². The largest absolute Gasteiger partial charge is 0.346 e. The molecule has 172 valence electrons. The molecule has 10 heteroatoms. The minimum atomic E-state index is -0.980. The number of anilines is 1. The molecule has 3 aromatic rings. The van der Waals surface area contributed by atoms with Crippen LogP contribution in [-0.2, 0) is 9.59 Å². The standard InChI is InChI=1S/C23H24FN5O4/c1-3-13(2)21(22-25-17-6-4-5-7-18(17)26-22)27-23(31)14-10-20(30)28(12-14)15-8-9-16(24)19(11-15)29(32)33/h4-9,11,13-14,21H,3,10,12H2,1-2H3,(H,25,26)(H,27,31). The molecule has 1 saturated heterocycles. The lowest BCUT2D eigenvalue weighted by atomic mass is 9.97. The number of amides is 2. The van der Waals surface area contributed by atoms with Crippen molar-refractivity contribution >= 4 is 34.2 Å². The monoisotopic (exact) mass is 453 g/mol. The van der Waals surface area contributed by atoms with Crippen molar-refractivity contribution in [3.8, 4) is 0 Å². The van der Waals surface area contributed by atoms with Crippen molar-refractivity contribution in [3.05, 3.63) is 64.2 Å². The molecule has 1 aliphatic heterocycles. The number of carbonyl (C=O) groups excluding carboxylic acids is 2. The highest BCUT2D eigenvalue weighted by atomic mass is 19.1. The van der Waals surface area contributed by atoms with Crippen molar-refractivity contribution in [2.75, 3.05) is 11.4 Å². The van der Waals surface area contributed by atoms with E-state index in [1.807, 2.05) is 38.1 Å². The molecule has 2 amide bonds. The van der Waals surface area contributed by atoms with Gasteiger partial charge in [-0.1, -0.05) is 32.4 Å². The second kappa shape index (κ2) is 8.97. The van der Waals surface area contributed by atoms with E-state index in [2.05, 4.69) is 15.3 Å². The van der Waals surface area contributed by atoms with Crippen LogP contribution in [-0.4, -0.2) is 33.3 Å². The third-order valence-corrected chi connectivity index (χ3v) is 6.15. The maximum Gasteiger partial charge on any atom is 0.306 e. The summed E-state index contributed by atoms with van der Waals surface area (Å²) in [5.74, 6) is -1.53. The Morgan fingerprint density at radius 3 is 2.82 bits per heavy atom. The normalized spacial score (nSPS) is 17.8. The Labute approximate surface area is 189 Å².